The van der Waals surface area contributed by atoms with Gasteiger partial charge in [-0.05, 0) is 57.8 Å². The molecule has 2 aliphatic rings. The summed E-state index contributed by atoms with van der Waals surface area (Å²) in [6.45, 7) is 2.76. The smallest absolute Gasteiger partial charge is 0.462 e. The van der Waals surface area contributed by atoms with Gasteiger partial charge in [0.05, 0.1) is 36.9 Å². The van der Waals surface area contributed by atoms with Gasteiger partial charge < -0.3 is 50.1 Å². The first-order chi connectivity index (χ1) is 29.6. The third kappa shape index (κ3) is 22.0. The van der Waals surface area contributed by atoms with Crippen molar-refractivity contribution in [1.29, 1.82) is 0 Å². The quantitative estimate of drug-likeness (QED) is 0.0318. The normalized spacial score (nSPS) is 32.3. The second-order valence-corrected chi connectivity index (χ2v) is 18.1. The number of hydrogen-bond acceptors (Lipinski definition) is 15. The number of esters is 2. The monoisotopic (exact) mass is 904 g/mol. The summed E-state index contributed by atoms with van der Waals surface area (Å²) < 4.78 is 34.5. The van der Waals surface area contributed by atoms with E-state index >= 15 is 0 Å². The van der Waals surface area contributed by atoms with Crippen molar-refractivity contribution in [2.75, 3.05) is 13.2 Å². The number of aliphatic hydroxyl groups is 7. The lowest BCUT2D eigenvalue weighted by Crippen LogP contribution is -2.55. The average molecular weight is 905 g/mol. The van der Waals surface area contributed by atoms with Gasteiger partial charge in [-0.1, -0.05) is 108 Å². The molecular weight excluding hydrogens is 827 g/mol. The number of phosphoric acid groups is 1. The van der Waals surface area contributed by atoms with E-state index in [1.165, 1.54) is 31.8 Å². The second kappa shape index (κ2) is 31.5. The van der Waals surface area contributed by atoms with Crippen LogP contribution < -0.4 is 0 Å². The third-order valence-electron chi connectivity index (χ3n) is 11.3. The first kappa shape index (κ1) is 55.8. The lowest BCUT2D eigenvalue weighted by Gasteiger charge is -2.36. The largest absolute Gasteiger partial charge is 0.472 e. The topological polar surface area (TPSA) is 267 Å². The van der Waals surface area contributed by atoms with Gasteiger partial charge in [0.1, 0.15) is 36.8 Å². The highest BCUT2D eigenvalue weighted by Crippen LogP contribution is 2.47. The fraction of sp³-hybridized carbons (Fsp3) is 0.800. The van der Waals surface area contributed by atoms with Crippen molar-refractivity contribution in [3.63, 3.8) is 0 Å². The summed E-state index contributed by atoms with van der Waals surface area (Å²) in [5, 5.41) is 78.2. The number of fused-ring (bicyclic) bond motifs is 4. The molecule has 17 heteroatoms. The Hall–Kier alpha value is -2.34. The van der Waals surface area contributed by atoms with E-state index in [0.717, 1.165) is 57.4 Å². The Labute approximate surface area is 368 Å². The number of hydrogen-bond donors (Lipinski definition) is 8. The molecule has 62 heavy (non-hydrogen) atoms. The number of cyclic esters (lactones) is 1. The van der Waals surface area contributed by atoms with Gasteiger partial charge >= 0.3 is 19.8 Å². The first-order valence-corrected chi connectivity index (χ1v) is 24.4. The minimum atomic E-state index is -5.46. The zero-order valence-electron chi connectivity index (χ0n) is 36.9. The van der Waals surface area contributed by atoms with Crippen LogP contribution in [0.4, 0.5) is 0 Å². The van der Waals surface area contributed by atoms with Gasteiger partial charge in [0.15, 0.2) is 6.10 Å². The minimum absolute atomic E-state index is 0.0927. The van der Waals surface area contributed by atoms with Gasteiger partial charge in [0, 0.05) is 25.2 Å². The molecule has 1 saturated carbocycles. The average Bonchev–Trinajstić information content (AvgIpc) is 3.23. The summed E-state index contributed by atoms with van der Waals surface area (Å²) in [7, 11) is -5.46. The summed E-state index contributed by atoms with van der Waals surface area (Å²) in [5.41, 5.74) is 0. The molecule has 0 amide bonds. The van der Waals surface area contributed by atoms with Crippen molar-refractivity contribution >= 4 is 25.5 Å². The fourth-order valence-corrected chi connectivity index (χ4v) is 8.44. The van der Waals surface area contributed by atoms with Crippen molar-refractivity contribution in [2.45, 2.75) is 204 Å². The van der Waals surface area contributed by atoms with Crippen molar-refractivity contribution in [3.05, 3.63) is 36.5 Å². The number of phosphoric ester groups is 1. The molecule has 0 radical (unpaired) electrons. The number of carbonyl (C=O) groups is 3. The zero-order chi connectivity index (χ0) is 45.9. The van der Waals surface area contributed by atoms with Crippen LogP contribution in [0.2, 0.25) is 0 Å². The third-order valence-corrected chi connectivity index (χ3v) is 12.3. The van der Waals surface area contributed by atoms with Crippen LogP contribution in [0.1, 0.15) is 149 Å². The molecule has 1 heterocycles. The Bertz CT molecular complexity index is 1410. The Kier molecular flexibility index (Phi) is 28.4. The molecule has 0 spiro atoms. The lowest BCUT2D eigenvalue weighted by molar-refractivity contribution is -0.166. The highest BCUT2D eigenvalue weighted by atomic mass is 31.2. The number of carbonyl (C=O) groups excluding carboxylic acids is 3. The minimum Gasteiger partial charge on any atom is -0.462 e. The molecule has 8 N–H and O–H groups in total. The van der Waals surface area contributed by atoms with E-state index in [0.29, 0.717) is 25.7 Å². The molecule has 1 aliphatic heterocycles. The Morgan fingerprint density at radius 1 is 0.839 bits per heavy atom. The van der Waals surface area contributed by atoms with E-state index in [1.807, 2.05) is 6.92 Å². The van der Waals surface area contributed by atoms with Gasteiger partial charge in [-0.2, -0.15) is 0 Å². The van der Waals surface area contributed by atoms with Crippen LogP contribution in [-0.2, 0) is 37.5 Å². The predicted octanol–water partition coefficient (Wildman–Crippen LogP) is 5.20. The van der Waals surface area contributed by atoms with Crippen molar-refractivity contribution in [2.24, 2.45) is 11.8 Å². The number of ketones is 1. The highest BCUT2D eigenvalue weighted by Gasteiger charge is 2.49. The SMILES string of the molecule is CCCCCC/C=C\CCCCCCCC(=O)OC[C@@H]1COP(=O)(O)O[C@H]2[C@H](O)[C@@H](O)[C@H](O)[C@@H](C/C=C\CCCC(=O)O1)[C@@H](O)CC(=O)[C@H](/C=C/[C@@H](O)CCCCC)[C@@H](O)[C@H]2O. The van der Waals surface area contributed by atoms with Gasteiger partial charge in [-0.15, -0.1) is 0 Å². The number of allylic oxidation sites excluding steroid dienone is 4. The maximum atomic E-state index is 13.7. The van der Waals surface area contributed by atoms with E-state index in [1.54, 1.807) is 12.2 Å². The van der Waals surface area contributed by atoms with Gasteiger partial charge in [0.2, 0.25) is 0 Å². The standard InChI is InChI=1S/C45H77O16P/c1-3-5-7-8-9-10-11-12-13-14-15-16-21-25-38(49)58-30-33-31-59-62(56,57)61-45-43(54)41(52)35(28-27-32(46)23-19-6-4-2)37(48)29-36(47)34(40(51)42(53)44(45)55)24-20-17-18-22-26-39(50)60-33/h10-11,17,20,27-28,32-36,40-47,51-55H,3-9,12-16,18-19,21-26,29-31H2,1-2H3,(H,56,57)/b11-10-,20-17-,28-27+/t32-,33+,34-,35-,36-,40+,41+,42-,43+,44+,45+/m0/s1. The lowest BCUT2D eigenvalue weighted by atomic mass is 9.83. The van der Waals surface area contributed by atoms with Crippen LogP contribution in [0.15, 0.2) is 36.5 Å². The van der Waals surface area contributed by atoms with Crippen LogP contribution in [0, 0.1) is 11.8 Å². The number of Topliss-reactive ketones (excluding diaryl/α,β-unsaturated/α-hetero) is 1. The van der Waals surface area contributed by atoms with Crippen molar-refractivity contribution in [3.8, 4) is 0 Å². The first-order valence-electron chi connectivity index (χ1n) is 22.9. The van der Waals surface area contributed by atoms with Crippen molar-refractivity contribution in [1.82, 2.24) is 0 Å². The molecular formula is C45H77O16P. The van der Waals surface area contributed by atoms with Crippen LogP contribution >= 0.6 is 7.82 Å². The van der Waals surface area contributed by atoms with Crippen LogP contribution in [0.25, 0.3) is 0 Å². The predicted molar refractivity (Wildman–Crippen MR) is 231 cm³/mol. The zero-order valence-corrected chi connectivity index (χ0v) is 37.8. The summed E-state index contributed by atoms with van der Waals surface area (Å²) in [6.07, 6.45) is 6.14. The van der Waals surface area contributed by atoms with Crippen molar-refractivity contribution < 1.29 is 78.1 Å². The van der Waals surface area contributed by atoms with Gasteiger partial charge in [-0.3, -0.25) is 23.4 Å². The molecule has 1 fully saturated rings. The van der Waals surface area contributed by atoms with E-state index < -0.39 is 112 Å². The summed E-state index contributed by atoms with van der Waals surface area (Å²) in [4.78, 5) is 50.0. The number of aliphatic hydroxyl groups excluding tert-OH is 7. The number of ether oxygens (including phenoxy) is 2. The van der Waals surface area contributed by atoms with Crippen LogP contribution in [0.5, 0.6) is 0 Å². The van der Waals surface area contributed by atoms with Gasteiger partial charge in [0.25, 0.3) is 0 Å². The summed E-state index contributed by atoms with van der Waals surface area (Å²) in [5.74, 6) is -5.14. The summed E-state index contributed by atoms with van der Waals surface area (Å²) >= 11 is 0. The number of unbranched alkanes of at least 4 members (excludes halogenated alkanes) is 11. The maximum absolute atomic E-state index is 13.7. The molecule has 0 saturated heterocycles. The van der Waals surface area contributed by atoms with E-state index in [2.05, 4.69) is 19.1 Å². The molecule has 12 atom stereocenters. The van der Waals surface area contributed by atoms with E-state index in [-0.39, 0.29) is 25.7 Å². The van der Waals surface area contributed by atoms with Crippen LogP contribution in [0.3, 0.4) is 0 Å². The molecule has 0 aromatic rings. The molecule has 1 unspecified atom stereocenters. The molecule has 358 valence electrons. The Balaban J connectivity index is 2.22. The molecule has 16 nitrogen and oxygen atoms in total. The van der Waals surface area contributed by atoms with E-state index in [9.17, 15) is 59.6 Å². The molecule has 0 aromatic heterocycles. The molecule has 0 aromatic carbocycles. The fourth-order valence-electron chi connectivity index (χ4n) is 7.46. The Morgan fingerprint density at radius 3 is 2.16 bits per heavy atom. The molecule has 2 bridgehead atoms. The maximum Gasteiger partial charge on any atom is 0.472 e. The highest BCUT2D eigenvalue weighted by molar-refractivity contribution is 7.47. The van der Waals surface area contributed by atoms with Crippen LogP contribution in [-0.4, -0.2) is 127 Å². The molecule has 2 rings (SSSR count). The summed E-state index contributed by atoms with van der Waals surface area (Å²) in [6, 6.07) is 0. The van der Waals surface area contributed by atoms with Gasteiger partial charge in [-0.25, -0.2) is 4.57 Å². The van der Waals surface area contributed by atoms with E-state index in [4.69, 9.17) is 18.5 Å². The second-order valence-electron chi connectivity index (χ2n) is 16.7. The Morgan fingerprint density at radius 2 is 1.47 bits per heavy atom. The number of rotatable bonds is 21. The molecule has 1 aliphatic carbocycles.